The number of ketones is 1. The van der Waals surface area contributed by atoms with Gasteiger partial charge in [-0.25, -0.2) is 0 Å². The molecule has 0 N–H and O–H groups in total. The first-order valence-electron chi connectivity index (χ1n) is 8.76. The number of rotatable bonds is 6. The highest BCUT2D eigenvalue weighted by atomic mass is 16.6. The number of ether oxygens (including phenoxy) is 1. The van der Waals surface area contributed by atoms with Crippen LogP contribution in [0.2, 0.25) is 0 Å². The molecule has 0 saturated heterocycles. The summed E-state index contributed by atoms with van der Waals surface area (Å²) in [6, 6.07) is 8.96. The quantitative estimate of drug-likeness (QED) is 0.447. The lowest BCUT2D eigenvalue weighted by molar-refractivity contribution is -0.581. The summed E-state index contributed by atoms with van der Waals surface area (Å²) in [5, 5.41) is 12.1. The normalized spacial score (nSPS) is 29.2. The highest BCUT2D eigenvalue weighted by Gasteiger charge is 2.63. The summed E-state index contributed by atoms with van der Waals surface area (Å²) in [5.41, 5.74) is -0.874. The molecule has 1 fully saturated rings. The Morgan fingerprint density at radius 3 is 2.48 bits per heavy atom. The van der Waals surface area contributed by atoms with E-state index in [1.807, 2.05) is 13.0 Å². The third-order valence-corrected chi connectivity index (χ3v) is 5.29. The lowest BCUT2D eigenvalue weighted by Gasteiger charge is -2.42. The predicted octanol–water partition coefficient (Wildman–Crippen LogP) is 3.37. The van der Waals surface area contributed by atoms with E-state index in [1.165, 1.54) is 6.92 Å². The minimum atomic E-state index is -1.58. The summed E-state index contributed by atoms with van der Waals surface area (Å²) in [4.78, 5) is 37.1. The van der Waals surface area contributed by atoms with E-state index in [2.05, 4.69) is 0 Å². The van der Waals surface area contributed by atoms with Crippen molar-refractivity contribution >= 4 is 11.8 Å². The molecule has 6 heteroatoms. The van der Waals surface area contributed by atoms with Crippen LogP contribution in [0.4, 0.5) is 0 Å². The molecule has 4 atom stereocenters. The highest BCUT2D eigenvalue weighted by molar-refractivity contribution is 5.90. The summed E-state index contributed by atoms with van der Waals surface area (Å²) in [7, 11) is 0. The van der Waals surface area contributed by atoms with E-state index in [-0.39, 0.29) is 23.7 Å². The number of nitrogens with zero attached hydrogens (tertiary/aromatic N) is 1. The Morgan fingerprint density at radius 1 is 1.32 bits per heavy atom. The molecule has 1 saturated carbocycles. The molecule has 0 aliphatic heterocycles. The first kappa shape index (κ1) is 19.1. The molecular formula is C19H25NO5. The van der Waals surface area contributed by atoms with Crippen LogP contribution in [0, 0.1) is 22.0 Å². The Kier molecular flexibility index (Phi) is 5.93. The standard InChI is InChI=1S/C19H25NO5/c1-4-9-14-16(21)12-15(13-10-7-6-8-11-13)19(3,20(23)24)17(14)18(22)25-5-2/h6-8,10-11,14-15,17H,4-5,9,12H2,1-3H3/t14-,15+,17+,19-/m1/s1. The van der Waals surface area contributed by atoms with Crippen LogP contribution < -0.4 is 0 Å². The molecule has 0 unspecified atom stereocenters. The fourth-order valence-electron chi connectivity index (χ4n) is 4.02. The minimum absolute atomic E-state index is 0.0715. The second-order valence-electron chi connectivity index (χ2n) is 6.74. The third-order valence-electron chi connectivity index (χ3n) is 5.29. The van der Waals surface area contributed by atoms with E-state index in [1.54, 1.807) is 31.2 Å². The number of esters is 1. The van der Waals surface area contributed by atoms with Crippen LogP contribution in [0.25, 0.3) is 0 Å². The van der Waals surface area contributed by atoms with E-state index in [9.17, 15) is 19.7 Å². The molecule has 6 nitrogen and oxygen atoms in total. The van der Waals surface area contributed by atoms with Gasteiger partial charge in [0.15, 0.2) is 0 Å². The van der Waals surface area contributed by atoms with Gasteiger partial charge in [0.2, 0.25) is 5.54 Å². The Bertz CT molecular complexity index is 644. The number of Topliss-reactive ketones (excluding diaryl/α,β-unsaturated/α-hetero) is 1. The van der Waals surface area contributed by atoms with Crippen molar-refractivity contribution in [1.29, 1.82) is 0 Å². The largest absolute Gasteiger partial charge is 0.466 e. The average Bonchev–Trinajstić information content (AvgIpc) is 2.59. The number of hydrogen-bond acceptors (Lipinski definition) is 5. The maximum absolute atomic E-state index is 12.8. The van der Waals surface area contributed by atoms with Crippen molar-refractivity contribution in [2.45, 2.75) is 51.5 Å². The maximum atomic E-state index is 12.8. The molecule has 2 rings (SSSR count). The molecule has 1 aliphatic carbocycles. The van der Waals surface area contributed by atoms with Crippen LogP contribution in [0.5, 0.6) is 0 Å². The Morgan fingerprint density at radius 2 is 1.96 bits per heavy atom. The predicted molar refractivity (Wildman–Crippen MR) is 92.7 cm³/mol. The molecule has 0 heterocycles. The van der Waals surface area contributed by atoms with Crippen LogP contribution in [-0.2, 0) is 14.3 Å². The van der Waals surface area contributed by atoms with E-state index in [0.717, 1.165) is 0 Å². The van der Waals surface area contributed by atoms with Gasteiger partial charge >= 0.3 is 5.97 Å². The van der Waals surface area contributed by atoms with Gasteiger partial charge in [-0.05, 0) is 18.9 Å². The SMILES string of the molecule is CCC[C@@H]1C(=O)C[C@@H](c2ccccc2)[C@@](C)([N+](=O)[O-])[C@@H]1C(=O)OCC. The van der Waals surface area contributed by atoms with Gasteiger partial charge in [0.25, 0.3) is 0 Å². The first-order chi connectivity index (χ1) is 11.9. The number of nitro groups is 1. The molecule has 0 amide bonds. The summed E-state index contributed by atoms with van der Waals surface area (Å²) < 4.78 is 5.14. The molecular weight excluding hydrogens is 322 g/mol. The van der Waals surface area contributed by atoms with Gasteiger partial charge in [0.1, 0.15) is 11.7 Å². The maximum Gasteiger partial charge on any atom is 0.317 e. The van der Waals surface area contributed by atoms with Gasteiger partial charge in [-0.1, -0.05) is 43.7 Å². The van der Waals surface area contributed by atoms with Crippen molar-refractivity contribution in [3.05, 3.63) is 46.0 Å². The average molecular weight is 347 g/mol. The molecule has 0 aromatic heterocycles. The van der Waals surface area contributed by atoms with Crippen LogP contribution in [0.15, 0.2) is 30.3 Å². The zero-order valence-corrected chi connectivity index (χ0v) is 14.9. The number of carbonyl (C=O) groups excluding carboxylic acids is 2. The Balaban J connectivity index is 2.59. The second-order valence-corrected chi connectivity index (χ2v) is 6.74. The van der Waals surface area contributed by atoms with Crippen LogP contribution >= 0.6 is 0 Å². The van der Waals surface area contributed by atoms with Crippen molar-refractivity contribution in [3.63, 3.8) is 0 Å². The van der Waals surface area contributed by atoms with E-state index in [4.69, 9.17) is 4.74 Å². The van der Waals surface area contributed by atoms with Crippen LogP contribution in [0.1, 0.15) is 51.5 Å². The smallest absolute Gasteiger partial charge is 0.317 e. The molecule has 0 spiro atoms. The summed E-state index contributed by atoms with van der Waals surface area (Å²) in [5.74, 6) is -3.13. The van der Waals surface area contributed by atoms with E-state index in [0.29, 0.717) is 18.4 Å². The van der Waals surface area contributed by atoms with Crippen LogP contribution in [0.3, 0.4) is 0 Å². The lowest BCUT2D eigenvalue weighted by Crippen LogP contribution is -2.59. The summed E-state index contributed by atoms with van der Waals surface area (Å²) in [6.07, 6.45) is 1.20. The van der Waals surface area contributed by atoms with Gasteiger partial charge in [0, 0.05) is 24.2 Å². The summed E-state index contributed by atoms with van der Waals surface area (Å²) >= 11 is 0. The van der Waals surface area contributed by atoms with Crippen molar-refractivity contribution < 1.29 is 19.2 Å². The van der Waals surface area contributed by atoms with Gasteiger partial charge in [-0.15, -0.1) is 0 Å². The number of hydrogen-bond donors (Lipinski definition) is 0. The number of benzene rings is 1. The van der Waals surface area contributed by atoms with Gasteiger partial charge < -0.3 is 4.74 Å². The number of carbonyl (C=O) groups is 2. The molecule has 1 aliphatic rings. The molecule has 0 bridgehead atoms. The molecule has 1 aromatic rings. The van der Waals surface area contributed by atoms with Crippen LogP contribution in [-0.4, -0.2) is 28.8 Å². The zero-order valence-electron chi connectivity index (χ0n) is 14.9. The third kappa shape index (κ3) is 3.43. The Hall–Kier alpha value is -2.24. The lowest BCUT2D eigenvalue weighted by atomic mass is 9.59. The molecule has 136 valence electrons. The van der Waals surface area contributed by atoms with Crippen molar-refractivity contribution in [1.82, 2.24) is 0 Å². The van der Waals surface area contributed by atoms with Crippen molar-refractivity contribution in [2.24, 2.45) is 11.8 Å². The Labute approximate surface area is 147 Å². The second kappa shape index (κ2) is 7.76. The monoisotopic (exact) mass is 347 g/mol. The van der Waals surface area contributed by atoms with E-state index < -0.39 is 29.3 Å². The minimum Gasteiger partial charge on any atom is -0.466 e. The molecule has 0 radical (unpaired) electrons. The fourth-order valence-corrected chi connectivity index (χ4v) is 4.02. The summed E-state index contributed by atoms with van der Waals surface area (Å²) in [6.45, 7) is 5.19. The molecule has 25 heavy (non-hydrogen) atoms. The van der Waals surface area contributed by atoms with Crippen molar-refractivity contribution in [3.8, 4) is 0 Å². The van der Waals surface area contributed by atoms with Crippen molar-refractivity contribution in [2.75, 3.05) is 6.61 Å². The highest BCUT2D eigenvalue weighted by Crippen LogP contribution is 2.49. The molecule has 1 aromatic carbocycles. The fraction of sp³-hybridized carbons (Fsp3) is 0.579. The van der Waals surface area contributed by atoms with Gasteiger partial charge in [-0.3, -0.25) is 19.7 Å². The van der Waals surface area contributed by atoms with E-state index >= 15 is 0 Å². The topological polar surface area (TPSA) is 86.5 Å². The van der Waals surface area contributed by atoms with Gasteiger partial charge in [0.05, 0.1) is 12.5 Å². The van der Waals surface area contributed by atoms with Gasteiger partial charge in [-0.2, -0.15) is 0 Å². The first-order valence-corrected chi connectivity index (χ1v) is 8.76. The zero-order chi connectivity index (χ0) is 18.6.